The highest BCUT2D eigenvalue weighted by Gasteiger charge is 2.33. The first-order chi connectivity index (χ1) is 10.1. The Hall–Kier alpha value is -1.96. The van der Waals surface area contributed by atoms with Gasteiger partial charge in [-0.25, -0.2) is 4.99 Å². The molecule has 2 heteroatoms. The largest absolute Gasteiger partial charge is 0.290 e. The normalized spacial score (nSPS) is 16.3. The zero-order valence-corrected chi connectivity index (χ0v) is 14.4. The van der Waals surface area contributed by atoms with E-state index >= 15 is 0 Å². The summed E-state index contributed by atoms with van der Waals surface area (Å²) in [5.41, 5.74) is 3.60. The van der Waals surface area contributed by atoms with Gasteiger partial charge in [0, 0.05) is 0 Å². The molecular weight excluding hydrogens is 270 g/mol. The number of para-hydroxylation sites is 1. The monoisotopic (exact) mass is 295 g/mol. The van der Waals surface area contributed by atoms with Crippen LogP contribution in [0.25, 0.3) is 0 Å². The van der Waals surface area contributed by atoms with Gasteiger partial charge in [0.2, 0.25) is 0 Å². The van der Waals surface area contributed by atoms with E-state index < -0.39 is 0 Å². The molecule has 0 aromatic heterocycles. The number of allylic oxidation sites excluding steroid dienone is 4. The van der Waals surface area contributed by atoms with E-state index in [4.69, 9.17) is 4.99 Å². The van der Waals surface area contributed by atoms with Gasteiger partial charge in [-0.1, -0.05) is 59.7 Å². The van der Waals surface area contributed by atoms with Crippen LogP contribution in [0.2, 0.25) is 0 Å². The van der Waals surface area contributed by atoms with Crippen molar-refractivity contribution in [3.05, 3.63) is 53.6 Å². The van der Waals surface area contributed by atoms with E-state index in [2.05, 4.69) is 41.5 Å². The van der Waals surface area contributed by atoms with Gasteiger partial charge >= 0.3 is 0 Å². The maximum atomic E-state index is 12.2. The number of benzene rings is 1. The topological polar surface area (TPSA) is 29.4 Å². The molecule has 0 radical (unpaired) electrons. The van der Waals surface area contributed by atoms with Crippen molar-refractivity contribution in [1.82, 2.24) is 0 Å². The third-order valence-corrected chi connectivity index (χ3v) is 3.70. The number of hydrogen-bond donors (Lipinski definition) is 0. The number of carbonyl (C=O) groups is 1. The van der Waals surface area contributed by atoms with Gasteiger partial charge in [0.15, 0.2) is 5.78 Å². The molecule has 0 heterocycles. The zero-order chi connectivity index (χ0) is 16.5. The first-order valence-electron chi connectivity index (χ1n) is 7.72. The number of ketones is 1. The van der Waals surface area contributed by atoms with Gasteiger partial charge < -0.3 is 0 Å². The quantitative estimate of drug-likeness (QED) is 0.647. The molecule has 0 atom stereocenters. The van der Waals surface area contributed by atoms with E-state index in [1.165, 1.54) is 0 Å². The third-order valence-electron chi connectivity index (χ3n) is 3.70. The molecule has 1 aromatic carbocycles. The summed E-state index contributed by atoms with van der Waals surface area (Å²) in [6, 6.07) is 9.92. The Morgan fingerprint density at radius 2 is 1.23 bits per heavy atom. The van der Waals surface area contributed by atoms with Crippen LogP contribution < -0.4 is 0 Å². The van der Waals surface area contributed by atoms with Crippen molar-refractivity contribution in [2.24, 2.45) is 15.8 Å². The van der Waals surface area contributed by atoms with E-state index in [0.29, 0.717) is 0 Å². The molecule has 0 saturated heterocycles. The zero-order valence-electron chi connectivity index (χ0n) is 14.4. The maximum Gasteiger partial charge on any atom is 0.179 e. The molecule has 0 aliphatic heterocycles. The molecule has 0 N–H and O–H groups in total. The van der Waals surface area contributed by atoms with E-state index in [1.54, 1.807) is 12.2 Å². The first-order valence-corrected chi connectivity index (χ1v) is 7.72. The second-order valence-corrected chi connectivity index (χ2v) is 7.81. The molecule has 0 spiro atoms. The predicted molar refractivity (Wildman–Crippen MR) is 93.6 cm³/mol. The van der Waals surface area contributed by atoms with Crippen LogP contribution in [-0.4, -0.2) is 11.5 Å². The molecule has 1 aliphatic rings. The Morgan fingerprint density at radius 1 is 0.773 bits per heavy atom. The van der Waals surface area contributed by atoms with Gasteiger partial charge in [0.25, 0.3) is 0 Å². The fourth-order valence-corrected chi connectivity index (χ4v) is 2.50. The summed E-state index contributed by atoms with van der Waals surface area (Å²) in [7, 11) is 0. The molecule has 0 saturated carbocycles. The molecule has 2 nitrogen and oxygen atoms in total. The van der Waals surface area contributed by atoms with E-state index in [9.17, 15) is 4.79 Å². The Bertz CT molecular complexity index is 626. The number of carbonyl (C=O) groups excluding carboxylic acids is 1. The van der Waals surface area contributed by atoms with Crippen LogP contribution in [0.5, 0.6) is 0 Å². The van der Waals surface area contributed by atoms with Crippen LogP contribution in [0.4, 0.5) is 5.69 Å². The van der Waals surface area contributed by atoms with Crippen LogP contribution in [0.3, 0.4) is 0 Å². The van der Waals surface area contributed by atoms with E-state index in [-0.39, 0.29) is 16.6 Å². The lowest BCUT2D eigenvalue weighted by atomic mass is 9.72. The molecule has 1 aliphatic carbocycles. The summed E-state index contributed by atoms with van der Waals surface area (Å²) in [5.74, 6) is 0.0573. The highest BCUT2D eigenvalue weighted by atomic mass is 16.1. The van der Waals surface area contributed by atoms with Gasteiger partial charge in [-0.05, 0) is 46.3 Å². The summed E-state index contributed by atoms with van der Waals surface area (Å²) in [6.07, 6.45) is 3.47. The minimum atomic E-state index is -0.131. The van der Waals surface area contributed by atoms with Crippen LogP contribution in [0.1, 0.15) is 41.5 Å². The Balaban J connectivity index is 2.65. The Morgan fingerprint density at radius 3 is 1.64 bits per heavy atom. The molecule has 0 unspecified atom stereocenters. The Kier molecular flexibility index (Phi) is 4.23. The van der Waals surface area contributed by atoms with Crippen LogP contribution in [0.15, 0.2) is 58.6 Å². The molecule has 1 aromatic rings. The molecule has 0 fully saturated rings. The van der Waals surface area contributed by atoms with Gasteiger partial charge in [0.05, 0.1) is 11.4 Å². The maximum absolute atomic E-state index is 12.2. The van der Waals surface area contributed by atoms with Crippen molar-refractivity contribution in [2.45, 2.75) is 41.5 Å². The van der Waals surface area contributed by atoms with Gasteiger partial charge in [-0.3, -0.25) is 4.79 Å². The third kappa shape index (κ3) is 3.62. The highest BCUT2D eigenvalue weighted by Crippen LogP contribution is 2.38. The molecule has 116 valence electrons. The second kappa shape index (κ2) is 5.68. The van der Waals surface area contributed by atoms with Gasteiger partial charge in [-0.15, -0.1) is 0 Å². The van der Waals surface area contributed by atoms with Crippen molar-refractivity contribution in [2.75, 3.05) is 0 Å². The number of hydrogen-bond acceptors (Lipinski definition) is 2. The number of nitrogens with zero attached hydrogens (tertiary/aromatic N) is 1. The fraction of sp³-hybridized carbons (Fsp3) is 0.400. The lowest BCUT2D eigenvalue weighted by Crippen LogP contribution is -2.29. The van der Waals surface area contributed by atoms with Crippen molar-refractivity contribution in [3.63, 3.8) is 0 Å². The van der Waals surface area contributed by atoms with Gasteiger partial charge in [0.1, 0.15) is 0 Å². The average Bonchev–Trinajstić information content (AvgIpc) is 2.39. The standard InChI is InChI=1S/C20H25NO/c1-19(2,3)16-12-15(22)13-17(20(4,5)6)18(16)21-14-10-8-7-9-11-14/h7-13H,1-6H3. The summed E-state index contributed by atoms with van der Waals surface area (Å²) < 4.78 is 0. The Labute approximate surface area is 133 Å². The fourth-order valence-electron chi connectivity index (χ4n) is 2.50. The molecule has 2 rings (SSSR count). The minimum Gasteiger partial charge on any atom is -0.290 e. The van der Waals surface area contributed by atoms with Crippen molar-refractivity contribution in [3.8, 4) is 0 Å². The van der Waals surface area contributed by atoms with E-state index in [1.807, 2.05) is 30.3 Å². The van der Waals surface area contributed by atoms with Crippen LogP contribution in [-0.2, 0) is 4.79 Å². The van der Waals surface area contributed by atoms with Crippen LogP contribution >= 0.6 is 0 Å². The number of rotatable bonds is 1. The first kappa shape index (κ1) is 16.4. The van der Waals surface area contributed by atoms with Crippen molar-refractivity contribution in [1.29, 1.82) is 0 Å². The highest BCUT2D eigenvalue weighted by molar-refractivity contribution is 6.24. The summed E-state index contributed by atoms with van der Waals surface area (Å²) in [6.45, 7) is 12.7. The van der Waals surface area contributed by atoms with Crippen molar-refractivity contribution < 1.29 is 4.79 Å². The smallest absolute Gasteiger partial charge is 0.179 e. The van der Waals surface area contributed by atoms with Crippen molar-refractivity contribution >= 4 is 17.2 Å². The summed E-state index contributed by atoms with van der Waals surface area (Å²) in [5, 5.41) is 0. The molecule has 0 bridgehead atoms. The second-order valence-electron chi connectivity index (χ2n) is 7.81. The average molecular weight is 295 g/mol. The lowest BCUT2D eigenvalue weighted by molar-refractivity contribution is -0.110. The molecule has 22 heavy (non-hydrogen) atoms. The lowest BCUT2D eigenvalue weighted by Gasteiger charge is -2.33. The molecule has 0 amide bonds. The minimum absolute atomic E-state index is 0.0573. The SMILES string of the molecule is CC(C)(C)C1=CC(=O)C=C(C(C)(C)C)C1=Nc1ccccc1. The molecular formula is C20H25NO. The summed E-state index contributed by atoms with van der Waals surface area (Å²) in [4.78, 5) is 17.0. The predicted octanol–water partition coefficient (Wildman–Crippen LogP) is 5.29. The summed E-state index contributed by atoms with van der Waals surface area (Å²) >= 11 is 0. The van der Waals surface area contributed by atoms with Crippen LogP contribution in [0, 0.1) is 10.8 Å². The van der Waals surface area contributed by atoms with E-state index in [0.717, 1.165) is 22.5 Å². The van der Waals surface area contributed by atoms with Gasteiger partial charge in [-0.2, -0.15) is 0 Å². The number of aliphatic imine (C=N–C) groups is 1.